The number of rotatable bonds is 3. The Morgan fingerprint density at radius 1 is 1.14 bits per heavy atom. The van der Waals surface area contributed by atoms with E-state index >= 15 is 0 Å². The standard InChI is InChI=1S/C8H13N2O3P/c9-7(8(10)14(11,12)13)6-4-2-1-3-5-6/h1-5,7-8H,9-10H2,(H2,11,12,13)/t7-,8+/m1/s1. The molecule has 0 aliphatic carbocycles. The van der Waals surface area contributed by atoms with Gasteiger partial charge in [0.15, 0.2) is 0 Å². The highest BCUT2D eigenvalue weighted by atomic mass is 31.2. The lowest BCUT2D eigenvalue weighted by atomic mass is 10.1. The van der Waals surface area contributed by atoms with Gasteiger partial charge in [-0.2, -0.15) is 0 Å². The van der Waals surface area contributed by atoms with Gasteiger partial charge in [0.2, 0.25) is 0 Å². The third-order valence-electron chi connectivity index (χ3n) is 1.94. The first kappa shape index (κ1) is 11.4. The molecule has 0 aliphatic heterocycles. The minimum atomic E-state index is -4.33. The fraction of sp³-hybridized carbons (Fsp3) is 0.250. The van der Waals surface area contributed by atoms with Crippen LogP contribution in [0.1, 0.15) is 11.6 Å². The molecule has 0 aliphatic rings. The Kier molecular flexibility index (Phi) is 3.42. The summed E-state index contributed by atoms with van der Waals surface area (Å²) in [6, 6.07) is 7.78. The maximum atomic E-state index is 10.8. The highest BCUT2D eigenvalue weighted by Crippen LogP contribution is 2.42. The Labute approximate surface area is 81.9 Å². The van der Waals surface area contributed by atoms with E-state index in [1.807, 2.05) is 0 Å². The molecule has 1 rings (SSSR count). The summed E-state index contributed by atoms with van der Waals surface area (Å²) in [7, 11) is -4.33. The monoisotopic (exact) mass is 216 g/mol. The zero-order valence-corrected chi connectivity index (χ0v) is 8.34. The van der Waals surface area contributed by atoms with E-state index in [0.29, 0.717) is 5.56 Å². The summed E-state index contributed by atoms with van der Waals surface area (Å²) in [6.45, 7) is 0. The summed E-state index contributed by atoms with van der Waals surface area (Å²) >= 11 is 0. The molecule has 1 aromatic rings. The van der Waals surface area contributed by atoms with Crippen LogP contribution in [-0.4, -0.2) is 15.6 Å². The number of hydrogen-bond acceptors (Lipinski definition) is 3. The molecule has 5 nitrogen and oxygen atoms in total. The highest BCUT2D eigenvalue weighted by Gasteiger charge is 2.31. The third kappa shape index (κ3) is 2.64. The second-order valence-corrected chi connectivity index (χ2v) is 4.79. The van der Waals surface area contributed by atoms with Gasteiger partial charge < -0.3 is 21.3 Å². The van der Waals surface area contributed by atoms with Crippen LogP contribution in [0.25, 0.3) is 0 Å². The zero-order valence-electron chi connectivity index (χ0n) is 7.45. The van der Waals surface area contributed by atoms with Crippen LogP contribution in [0.5, 0.6) is 0 Å². The second-order valence-electron chi connectivity index (χ2n) is 3.02. The van der Waals surface area contributed by atoms with Crippen molar-refractivity contribution in [2.75, 3.05) is 0 Å². The average molecular weight is 216 g/mol. The Morgan fingerprint density at radius 2 is 1.64 bits per heavy atom. The van der Waals surface area contributed by atoms with Crippen molar-refractivity contribution in [1.82, 2.24) is 0 Å². The molecule has 6 heteroatoms. The van der Waals surface area contributed by atoms with Crippen LogP contribution < -0.4 is 11.5 Å². The third-order valence-corrected chi connectivity index (χ3v) is 3.04. The van der Waals surface area contributed by atoms with Crippen LogP contribution in [-0.2, 0) is 4.57 Å². The Balaban J connectivity index is 2.87. The van der Waals surface area contributed by atoms with Crippen molar-refractivity contribution in [2.45, 2.75) is 11.8 Å². The maximum Gasteiger partial charge on any atom is 0.344 e. The zero-order chi connectivity index (χ0) is 10.8. The van der Waals surface area contributed by atoms with Crippen molar-refractivity contribution in [2.24, 2.45) is 11.5 Å². The Morgan fingerprint density at radius 3 is 2.07 bits per heavy atom. The lowest BCUT2D eigenvalue weighted by Crippen LogP contribution is -2.33. The van der Waals surface area contributed by atoms with E-state index in [4.69, 9.17) is 21.3 Å². The first-order chi connectivity index (χ1) is 6.43. The van der Waals surface area contributed by atoms with Gasteiger partial charge in [-0.3, -0.25) is 4.57 Å². The fourth-order valence-electron chi connectivity index (χ4n) is 1.08. The fourth-order valence-corrected chi connectivity index (χ4v) is 1.67. The smallest absolute Gasteiger partial charge is 0.323 e. The van der Waals surface area contributed by atoms with E-state index in [1.54, 1.807) is 30.3 Å². The molecule has 0 bridgehead atoms. The summed E-state index contributed by atoms with van der Waals surface area (Å²) in [6.07, 6.45) is 0. The number of nitrogens with two attached hydrogens (primary N) is 2. The highest BCUT2D eigenvalue weighted by molar-refractivity contribution is 7.52. The van der Waals surface area contributed by atoms with Gasteiger partial charge in [0.1, 0.15) is 5.78 Å². The largest absolute Gasteiger partial charge is 0.344 e. The first-order valence-corrected chi connectivity index (χ1v) is 5.72. The van der Waals surface area contributed by atoms with Crippen molar-refractivity contribution in [1.29, 1.82) is 0 Å². The van der Waals surface area contributed by atoms with E-state index in [1.165, 1.54) is 0 Å². The van der Waals surface area contributed by atoms with Gasteiger partial charge in [0.05, 0.1) is 6.04 Å². The van der Waals surface area contributed by atoms with Crippen LogP contribution in [0.4, 0.5) is 0 Å². The van der Waals surface area contributed by atoms with Gasteiger partial charge in [-0.25, -0.2) is 0 Å². The molecular formula is C8H13N2O3P. The summed E-state index contributed by atoms with van der Waals surface area (Å²) in [5.41, 5.74) is 11.6. The van der Waals surface area contributed by atoms with Crippen LogP contribution in [0.2, 0.25) is 0 Å². The molecule has 0 radical (unpaired) electrons. The second kappa shape index (κ2) is 4.21. The van der Waals surface area contributed by atoms with E-state index in [0.717, 1.165) is 0 Å². The first-order valence-electron chi connectivity index (χ1n) is 4.04. The van der Waals surface area contributed by atoms with Gasteiger partial charge in [-0.05, 0) is 5.56 Å². The Bertz CT molecular complexity index is 338. The van der Waals surface area contributed by atoms with Crippen molar-refractivity contribution >= 4 is 7.60 Å². The van der Waals surface area contributed by atoms with Crippen LogP contribution >= 0.6 is 7.60 Å². The molecule has 6 N–H and O–H groups in total. The lowest BCUT2D eigenvalue weighted by Gasteiger charge is -2.20. The van der Waals surface area contributed by atoms with Crippen molar-refractivity contribution < 1.29 is 14.4 Å². The lowest BCUT2D eigenvalue weighted by molar-refractivity contribution is 0.350. The predicted molar refractivity (Wildman–Crippen MR) is 53.4 cm³/mol. The Hall–Kier alpha value is -0.710. The summed E-state index contributed by atoms with van der Waals surface area (Å²) in [5, 5.41) is 0. The van der Waals surface area contributed by atoms with Gasteiger partial charge >= 0.3 is 7.60 Å². The van der Waals surface area contributed by atoms with E-state index in [-0.39, 0.29) is 0 Å². The molecular weight excluding hydrogens is 203 g/mol. The molecule has 2 atom stereocenters. The van der Waals surface area contributed by atoms with Crippen molar-refractivity contribution in [3.63, 3.8) is 0 Å². The molecule has 14 heavy (non-hydrogen) atoms. The van der Waals surface area contributed by atoms with Gasteiger partial charge in [0.25, 0.3) is 0 Å². The molecule has 78 valence electrons. The molecule has 0 aromatic heterocycles. The molecule has 0 saturated heterocycles. The average Bonchev–Trinajstić information content (AvgIpc) is 2.15. The summed E-state index contributed by atoms with van der Waals surface area (Å²) in [4.78, 5) is 17.6. The summed E-state index contributed by atoms with van der Waals surface area (Å²) in [5.74, 6) is -1.36. The minimum Gasteiger partial charge on any atom is -0.323 e. The van der Waals surface area contributed by atoms with E-state index in [2.05, 4.69) is 0 Å². The number of benzene rings is 1. The summed E-state index contributed by atoms with van der Waals surface area (Å²) < 4.78 is 10.8. The molecule has 0 heterocycles. The van der Waals surface area contributed by atoms with Crippen LogP contribution in [0.15, 0.2) is 30.3 Å². The van der Waals surface area contributed by atoms with Crippen molar-refractivity contribution in [3.05, 3.63) is 35.9 Å². The molecule has 0 amide bonds. The van der Waals surface area contributed by atoms with Gasteiger partial charge in [-0.1, -0.05) is 30.3 Å². The van der Waals surface area contributed by atoms with Gasteiger partial charge in [-0.15, -0.1) is 0 Å². The molecule has 0 fully saturated rings. The van der Waals surface area contributed by atoms with Crippen LogP contribution in [0, 0.1) is 0 Å². The minimum absolute atomic E-state index is 0.614. The van der Waals surface area contributed by atoms with Crippen molar-refractivity contribution in [3.8, 4) is 0 Å². The van der Waals surface area contributed by atoms with E-state index < -0.39 is 19.4 Å². The van der Waals surface area contributed by atoms with E-state index in [9.17, 15) is 4.57 Å². The topological polar surface area (TPSA) is 110 Å². The molecule has 1 aromatic carbocycles. The molecule has 0 unspecified atom stereocenters. The normalized spacial score (nSPS) is 16.3. The predicted octanol–water partition coefficient (Wildman–Crippen LogP) is 0.149. The maximum absolute atomic E-state index is 10.8. The molecule has 0 spiro atoms. The van der Waals surface area contributed by atoms with Gasteiger partial charge in [0, 0.05) is 0 Å². The van der Waals surface area contributed by atoms with Crippen LogP contribution in [0.3, 0.4) is 0 Å². The molecule has 0 saturated carbocycles. The SMILES string of the molecule is N[C@H](c1ccccc1)[C@@H](N)P(=O)(O)O. The number of hydrogen-bond donors (Lipinski definition) is 4. The quantitative estimate of drug-likeness (QED) is 0.537.